The van der Waals surface area contributed by atoms with Gasteiger partial charge >= 0.3 is 0 Å². The molecule has 33 heavy (non-hydrogen) atoms. The molecule has 8 heteroatoms. The normalized spacial score (nSPS) is 15.0. The molecule has 1 N–H and O–H groups in total. The fraction of sp³-hybridized carbons (Fsp3) is 0.400. The standard InChI is InChI=1S/C25H28Cl2N4OS/c1-17(28-23(32)14-11-18-7-5-6-8-18)24-29-30-25(33-16-19-9-3-2-4-10-19)31(24)22-15-20(26)12-13-21(22)27/h2-4,9-10,12-13,15,17-18H,5-8,11,14,16H2,1H3,(H,28,32). The molecule has 1 fully saturated rings. The summed E-state index contributed by atoms with van der Waals surface area (Å²) in [5, 5.41) is 13.8. The van der Waals surface area contributed by atoms with E-state index in [4.69, 9.17) is 23.2 Å². The maximum absolute atomic E-state index is 12.6. The number of carbonyl (C=O) groups is 1. The molecule has 0 bridgehead atoms. The quantitative estimate of drug-likeness (QED) is 0.319. The summed E-state index contributed by atoms with van der Waals surface area (Å²) in [7, 11) is 0. The number of thioether (sulfide) groups is 1. The van der Waals surface area contributed by atoms with Crippen LogP contribution < -0.4 is 5.32 Å². The third-order valence-electron chi connectivity index (χ3n) is 6.04. The molecular weight excluding hydrogens is 475 g/mol. The first kappa shape index (κ1) is 24.1. The first-order valence-electron chi connectivity index (χ1n) is 11.4. The summed E-state index contributed by atoms with van der Waals surface area (Å²) in [5.41, 5.74) is 1.89. The lowest BCUT2D eigenvalue weighted by Gasteiger charge is -2.18. The van der Waals surface area contributed by atoms with Crippen molar-refractivity contribution in [2.24, 2.45) is 5.92 Å². The first-order chi connectivity index (χ1) is 16.0. The summed E-state index contributed by atoms with van der Waals surface area (Å²) in [5.74, 6) is 2.09. The Morgan fingerprint density at radius 2 is 1.91 bits per heavy atom. The summed E-state index contributed by atoms with van der Waals surface area (Å²) in [4.78, 5) is 12.6. The van der Waals surface area contributed by atoms with Crippen LogP contribution in [0.25, 0.3) is 5.69 Å². The van der Waals surface area contributed by atoms with Crippen molar-refractivity contribution < 1.29 is 4.79 Å². The molecule has 1 heterocycles. The van der Waals surface area contributed by atoms with Gasteiger partial charge in [0.1, 0.15) is 0 Å². The van der Waals surface area contributed by atoms with Crippen LogP contribution in [0.1, 0.15) is 62.9 Å². The Hall–Kier alpha value is -2.02. The highest BCUT2D eigenvalue weighted by atomic mass is 35.5. The van der Waals surface area contributed by atoms with Crippen molar-refractivity contribution in [1.82, 2.24) is 20.1 Å². The largest absolute Gasteiger partial charge is 0.346 e. The lowest BCUT2D eigenvalue weighted by molar-refractivity contribution is -0.122. The molecule has 2 aromatic carbocycles. The van der Waals surface area contributed by atoms with Crippen LogP contribution in [0.3, 0.4) is 0 Å². The fourth-order valence-electron chi connectivity index (χ4n) is 4.27. The molecule has 1 aliphatic carbocycles. The van der Waals surface area contributed by atoms with E-state index in [0.29, 0.717) is 39.1 Å². The van der Waals surface area contributed by atoms with Gasteiger partial charge in [-0.1, -0.05) is 91.0 Å². The number of hydrogen-bond donors (Lipinski definition) is 1. The molecule has 5 nitrogen and oxygen atoms in total. The number of amides is 1. The van der Waals surface area contributed by atoms with Crippen molar-refractivity contribution in [3.05, 3.63) is 70.0 Å². The van der Waals surface area contributed by atoms with Gasteiger partial charge in [-0.2, -0.15) is 0 Å². The maximum atomic E-state index is 12.6. The van der Waals surface area contributed by atoms with Gasteiger partial charge in [0, 0.05) is 17.2 Å². The number of aromatic nitrogens is 3. The van der Waals surface area contributed by atoms with Crippen LogP contribution in [0, 0.1) is 5.92 Å². The molecule has 1 aromatic heterocycles. The van der Waals surface area contributed by atoms with Gasteiger partial charge in [0.15, 0.2) is 11.0 Å². The molecule has 3 aromatic rings. The average Bonchev–Trinajstić information content (AvgIpc) is 3.48. The van der Waals surface area contributed by atoms with Crippen LogP contribution in [0.4, 0.5) is 0 Å². The van der Waals surface area contributed by atoms with Crippen LogP contribution in [-0.4, -0.2) is 20.7 Å². The minimum atomic E-state index is -0.324. The molecule has 174 valence electrons. The highest BCUT2D eigenvalue weighted by Crippen LogP contribution is 2.33. The summed E-state index contributed by atoms with van der Waals surface area (Å²) < 4.78 is 1.91. The van der Waals surface area contributed by atoms with Crippen molar-refractivity contribution in [3.63, 3.8) is 0 Å². The summed E-state index contributed by atoms with van der Waals surface area (Å²) in [6.45, 7) is 1.93. The zero-order chi connectivity index (χ0) is 23.2. The number of benzene rings is 2. The van der Waals surface area contributed by atoms with Crippen LogP contribution in [0.5, 0.6) is 0 Å². The van der Waals surface area contributed by atoms with E-state index in [0.717, 1.165) is 12.2 Å². The zero-order valence-corrected chi connectivity index (χ0v) is 21.0. The van der Waals surface area contributed by atoms with Crippen LogP contribution in [0.2, 0.25) is 10.0 Å². The first-order valence-corrected chi connectivity index (χ1v) is 13.1. The Labute approximate surface area is 209 Å². The lowest BCUT2D eigenvalue weighted by atomic mass is 10.0. The molecule has 0 aliphatic heterocycles. The van der Waals surface area contributed by atoms with Gasteiger partial charge in [0.05, 0.1) is 16.8 Å². The second-order valence-corrected chi connectivity index (χ2v) is 10.3. The van der Waals surface area contributed by atoms with Crippen LogP contribution in [0.15, 0.2) is 53.7 Å². The van der Waals surface area contributed by atoms with Gasteiger partial charge in [-0.25, -0.2) is 0 Å². The van der Waals surface area contributed by atoms with Crippen LogP contribution in [-0.2, 0) is 10.5 Å². The number of rotatable bonds is 9. The van der Waals surface area contributed by atoms with Gasteiger partial charge in [0.2, 0.25) is 5.91 Å². The molecule has 0 radical (unpaired) electrons. The van der Waals surface area contributed by atoms with E-state index in [1.165, 1.54) is 31.2 Å². The molecule has 1 aliphatic rings. The molecule has 1 atom stereocenters. The van der Waals surface area contributed by atoms with Crippen molar-refractivity contribution in [3.8, 4) is 5.69 Å². The number of hydrogen-bond acceptors (Lipinski definition) is 4. The van der Waals surface area contributed by atoms with Crippen molar-refractivity contribution in [1.29, 1.82) is 0 Å². The van der Waals surface area contributed by atoms with Gasteiger partial charge in [-0.05, 0) is 43.0 Å². The lowest BCUT2D eigenvalue weighted by Crippen LogP contribution is -2.28. The summed E-state index contributed by atoms with van der Waals surface area (Å²) >= 11 is 14.4. The number of halogens is 2. The number of nitrogens with one attached hydrogen (secondary N) is 1. The third-order valence-corrected chi connectivity index (χ3v) is 7.59. The Kier molecular flexibility index (Phi) is 8.34. The van der Waals surface area contributed by atoms with E-state index in [-0.39, 0.29) is 11.9 Å². The second-order valence-electron chi connectivity index (χ2n) is 8.52. The highest BCUT2D eigenvalue weighted by molar-refractivity contribution is 7.98. The average molecular weight is 503 g/mol. The monoisotopic (exact) mass is 502 g/mol. The Morgan fingerprint density at radius 1 is 1.15 bits per heavy atom. The van der Waals surface area contributed by atoms with Gasteiger partial charge in [-0.3, -0.25) is 9.36 Å². The van der Waals surface area contributed by atoms with Gasteiger partial charge < -0.3 is 5.32 Å². The molecule has 1 amide bonds. The van der Waals surface area contributed by atoms with E-state index in [1.807, 2.05) is 29.7 Å². The minimum absolute atomic E-state index is 0.0413. The fourth-order valence-corrected chi connectivity index (χ4v) is 5.55. The van der Waals surface area contributed by atoms with E-state index in [9.17, 15) is 4.79 Å². The Bertz CT molecular complexity index is 1080. The Balaban J connectivity index is 1.55. The Morgan fingerprint density at radius 3 is 2.67 bits per heavy atom. The van der Waals surface area contributed by atoms with E-state index < -0.39 is 0 Å². The van der Waals surface area contributed by atoms with E-state index >= 15 is 0 Å². The van der Waals surface area contributed by atoms with E-state index in [1.54, 1.807) is 30.0 Å². The molecule has 0 spiro atoms. The molecule has 0 saturated heterocycles. The molecule has 4 rings (SSSR count). The van der Waals surface area contributed by atoms with Gasteiger partial charge in [-0.15, -0.1) is 10.2 Å². The number of carbonyl (C=O) groups excluding carboxylic acids is 1. The van der Waals surface area contributed by atoms with Crippen molar-refractivity contribution in [2.45, 2.75) is 62.4 Å². The summed E-state index contributed by atoms with van der Waals surface area (Å²) in [6.07, 6.45) is 6.55. The second kappa shape index (κ2) is 11.4. The molecule has 1 unspecified atom stereocenters. The minimum Gasteiger partial charge on any atom is -0.346 e. The maximum Gasteiger partial charge on any atom is 0.220 e. The third kappa shape index (κ3) is 6.31. The highest BCUT2D eigenvalue weighted by Gasteiger charge is 2.23. The molecular formula is C25H28Cl2N4OS. The van der Waals surface area contributed by atoms with Gasteiger partial charge in [0.25, 0.3) is 0 Å². The van der Waals surface area contributed by atoms with Crippen LogP contribution >= 0.6 is 35.0 Å². The predicted molar refractivity (Wildman–Crippen MR) is 135 cm³/mol. The van der Waals surface area contributed by atoms with Crippen molar-refractivity contribution in [2.75, 3.05) is 0 Å². The SMILES string of the molecule is CC(NC(=O)CCC1CCCC1)c1nnc(SCc2ccccc2)n1-c1cc(Cl)ccc1Cl. The number of nitrogens with zero attached hydrogens (tertiary/aromatic N) is 3. The van der Waals surface area contributed by atoms with E-state index in [2.05, 4.69) is 27.6 Å². The van der Waals surface area contributed by atoms with Crippen molar-refractivity contribution >= 4 is 40.9 Å². The summed E-state index contributed by atoms with van der Waals surface area (Å²) in [6, 6.07) is 15.2. The molecule has 1 saturated carbocycles. The zero-order valence-electron chi connectivity index (χ0n) is 18.6. The predicted octanol–water partition coefficient (Wildman–Crippen LogP) is 7.01. The topological polar surface area (TPSA) is 59.8 Å². The smallest absolute Gasteiger partial charge is 0.220 e.